The van der Waals surface area contributed by atoms with E-state index in [0.29, 0.717) is 30.1 Å². The van der Waals surface area contributed by atoms with Gasteiger partial charge in [-0.2, -0.15) is 0 Å². The molecule has 6 heteroatoms. The van der Waals surface area contributed by atoms with Crippen molar-refractivity contribution in [3.05, 3.63) is 83.7 Å². The highest BCUT2D eigenvalue weighted by Crippen LogP contribution is 2.29. The number of benzene rings is 2. The second-order valence-electron chi connectivity index (χ2n) is 10.3. The Hall–Kier alpha value is -2.57. The summed E-state index contributed by atoms with van der Waals surface area (Å²) in [6.07, 6.45) is 5.92. The smallest absolute Gasteiger partial charge is 0.222 e. The van der Waals surface area contributed by atoms with Crippen LogP contribution in [0.1, 0.15) is 42.7 Å². The van der Waals surface area contributed by atoms with E-state index in [0.717, 1.165) is 75.5 Å². The van der Waals surface area contributed by atoms with Gasteiger partial charge in [0.15, 0.2) is 0 Å². The number of hydrogen-bond acceptors (Lipinski definition) is 5. The lowest BCUT2D eigenvalue weighted by Gasteiger charge is -2.36. The number of nitrogens with one attached hydrogen (secondary N) is 1. The van der Waals surface area contributed by atoms with Gasteiger partial charge in [-0.15, -0.1) is 11.8 Å². The average Bonchev–Trinajstić information content (AvgIpc) is 3.37. The van der Waals surface area contributed by atoms with Crippen LogP contribution in [0.5, 0.6) is 0 Å². The minimum absolute atomic E-state index is 0.338. The molecule has 0 radical (unpaired) electrons. The molecule has 1 amide bonds. The fourth-order valence-corrected chi connectivity index (χ4v) is 6.43. The average molecular weight is 504 g/mol. The molecule has 0 spiro atoms. The number of rotatable bonds is 9. The highest BCUT2D eigenvalue weighted by molar-refractivity contribution is 7.98. The third-order valence-corrected chi connectivity index (χ3v) is 8.77. The molecule has 190 valence electrons. The molecule has 0 aliphatic carbocycles. The maximum Gasteiger partial charge on any atom is 0.222 e. The van der Waals surface area contributed by atoms with E-state index in [1.165, 1.54) is 10.5 Å². The number of thioether (sulfide) groups is 1. The fraction of sp³-hybridized carbons (Fsp3) is 0.467. The molecule has 2 atom stereocenters. The quantitative estimate of drug-likeness (QED) is 0.385. The van der Waals surface area contributed by atoms with Gasteiger partial charge >= 0.3 is 0 Å². The summed E-state index contributed by atoms with van der Waals surface area (Å²) in [5.41, 5.74) is 2.42. The molecule has 0 unspecified atom stereocenters. The van der Waals surface area contributed by atoms with Crippen molar-refractivity contribution >= 4 is 17.7 Å². The van der Waals surface area contributed by atoms with Gasteiger partial charge in [-0.3, -0.25) is 4.79 Å². The molecule has 5 nitrogen and oxygen atoms in total. The Labute approximate surface area is 219 Å². The Morgan fingerprint density at radius 1 is 0.972 bits per heavy atom. The standard InChI is InChI=1S/C30H37N3O2S/c34-30(33-15-12-24(13-16-33)17-23-7-3-1-4-8-23)19-25-11-14-31-21-26(25)18-27-20-28(35-32-27)22-36-29-9-5-2-6-10-29/h1-10,20,24-26,31H,11-19,21-22H2/t25-,26-/m0/s1. The van der Waals surface area contributed by atoms with Crippen molar-refractivity contribution in [1.82, 2.24) is 15.4 Å². The van der Waals surface area contributed by atoms with Gasteiger partial charge in [0.1, 0.15) is 5.76 Å². The van der Waals surface area contributed by atoms with Crippen molar-refractivity contribution < 1.29 is 9.32 Å². The number of likely N-dealkylation sites (tertiary alicyclic amines) is 1. The highest BCUT2D eigenvalue weighted by Gasteiger charge is 2.31. The molecule has 0 saturated carbocycles. The Balaban J connectivity index is 1.09. The number of amides is 1. The number of hydrogen-bond donors (Lipinski definition) is 1. The van der Waals surface area contributed by atoms with Crippen molar-refractivity contribution in [3.63, 3.8) is 0 Å². The lowest BCUT2D eigenvalue weighted by Crippen LogP contribution is -2.43. The molecule has 1 N–H and O–H groups in total. The van der Waals surface area contributed by atoms with Gasteiger partial charge in [-0.1, -0.05) is 53.7 Å². The normalized spacial score (nSPS) is 20.9. The zero-order valence-electron chi connectivity index (χ0n) is 21.0. The number of piperidine rings is 2. The molecular formula is C30H37N3O2S. The predicted octanol–water partition coefficient (Wildman–Crippen LogP) is 5.61. The lowest BCUT2D eigenvalue weighted by molar-refractivity contribution is -0.134. The topological polar surface area (TPSA) is 58.4 Å². The van der Waals surface area contributed by atoms with Gasteiger partial charge in [0.05, 0.1) is 11.4 Å². The SMILES string of the molecule is O=C(C[C@@H]1CCNC[C@@H]1Cc1cc(CSc2ccccc2)on1)N1CCC(Cc2ccccc2)CC1. The van der Waals surface area contributed by atoms with Crippen molar-refractivity contribution in [2.45, 2.75) is 49.2 Å². The number of aromatic nitrogens is 1. The van der Waals surface area contributed by atoms with E-state index in [4.69, 9.17) is 4.52 Å². The van der Waals surface area contributed by atoms with E-state index in [2.05, 4.69) is 76.0 Å². The molecule has 36 heavy (non-hydrogen) atoms. The molecule has 2 aliphatic rings. The van der Waals surface area contributed by atoms with Gasteiger partial charge in [-0.25, -0.2) is 0 Å². The Bertz CT molecular complexity index is 1080. The molecule has 3 heterocycles. The van der Waals surface area contributed by atoms with E-state index < -0.39 is 0 Å². The van der Waals surface area contributed by atoms with Gasteiger partial charge < -0.3 is 14.7 Å². The van der Waals surface area contributed by atoms with Gasteiger partial charge in [0.25, 0.3) is 0 Å². The summed E-state index contributed by atoms with van der Waals surface area (Å²) >= 11 is 1.76. The number of nitrogens with zero attached hydrogens (tertiary/aromatic N) is 2. The third kappa shape index (κ3) is 7.01. The third-order valence-electron chi connectivity index (χ3n) is 7.74. The monoisotopic (exact) mass is 503 g/mol. The molecule has 0 bridgehead atoms. The molecule has 2 aliphatic heterocycles. The summed E-state index contributed by atoms with van der Waals surface area (Å²) in [5, 5.41) is 7.89. The summed E-state index contributed by atoms with van der Waals surface area (Å²) in [6, 6.07) is 23.2. The van der Waals surface area contributed by atoms with Crippen LogP contribution in [0.15, 0.2) is 76.1 Å². The molecule has 2 saturated heterocycles. The second-order valence-corrected chi connectivity index (χ2v) is 11.4. The zero-order valence-corrected chi connectivity index (χ0v) is 21.8. The first-order valence-corrected chi connectivity index (χ1v) is 14.4. The second kappa shape index (κ2) is 12.6. The largest absolute Gasteiger partial charge is 0.360 e. The van der Waals surface area contributed by atoms with Crippen molar-refractivity contribution in [3.8, 4) is 0 Å². The van der Waals surface area contributed by atoms with Crippen LogP contribution >= 0.6 is 11.8 Å². The summed E-state index contributed by atoms with van der Waals surface area (Å²) in [6.45, 7) is 3.73. The molecule has 2 fully saturated rings. The fourth-order valence-electron chi connectivity index (χ4n) is 5.63. The van der Waals surface area contributed by atoms with Crippen LogP contribution in [0, 0.1) is 17.8 Å². The van der Waals surface area contributed by atoms with Crippen LogP contribution in [0.4, 0.5) is 0 Å². The van der Waals surface area contributed by atoms with E-state index in [1.807, 2.05) is 6.07 Å². The molecular weight excluding hydrogens is 466 g/mol. The first-order valence-electron chi connectivity index (χ1n) is 13.4. The summed E-state index contributed by atoms with van der Waals surface area (Å²) in [5.74, 6) is 3.53. The zero-order chi connectivity index (χ0) is 24.6. The van der Waals surface area contributed by atoms with Crippen molar-refractivity contribution in [2.75, 3.05) is 26.2 Å². The first-order chi connectivity index (χ1) is 17.7. The van der Waals surface area contributed by atoms with Gasteiger partial charge in [0.2, 0.25) is 5.91 Å². The minimum Gasteiger partial charge on any atom is -0.360 e. The molecule has 3 aromatic rings. The number of carbonyl (C=O) groups excluding carboxylic acids is 1. The van der Waals surface area contributed by atoms with E-state index in [9.17, 15) is 4.79 Å². The number of carbonyl (C=O) groups is 1. The molecule has 1 aromatic heterocycles. The van der Waals surface area contributed by atoms with E-state index in [-0.39, 0.29) is 0 Å². The van der Waals surface area contributed by atoms with Crippen LogP contribution in [0.2, 0.25) is 0 Å². The van der Waals surface area contributed by atoms with Gasteiger partial charge in [0, 0.05) is 30.5 Å². The van der Waals surface area contributed by atoms with Crippen LogP contribution in [0.25, 0.3) is 0 Å². The van der Waals surface area contributed by atoms with Crippen LogP contribution < -0.4 is 5.32 Å². The van der Waals surface area contributed by atoms with E-state index >= 15 is 0 Å². The minimum atomic E-state index is 0.338. The van der Waals surface area contributed by atoms with E-state index in [1.54, 1.807) is 11.8 Å². The van der Waals surface area contributed by atoms with Crippen LogP contribution in [-0.4, -0.2) is 42.1 Å². The Morgan fingerprint density at radius 3 is 2.50 bits per heavy atom. The first kappa shape index (κ1) is 25.1. The highest BCUT2D eigenvalue weighted by atomic mass is 32.2. The maximum absolute atomic E-state index is 13.2. The Morgan fingerprint density at radius 2 is 1.72 bits per heavy atom. The van der Waals surface area contributed by atoms with Crippen LogP contribution in [-0.2, 0) is 23.4 Å². The van der Waals surface area contributed by atoms with Crippen molar-refractivity contribution in [1.29, 1.82) is 0 Å². The van der Waals surface area contributed by atoms with Crippen LogP contribution in [0.3, 0.4) is 0 Å². The predicted molar refractivity (Wildman–Crippen MR) is 145 cm³/mol. The lowest BCUT2D eigenvalue weighted by atomic mass is 9.80. The Kier molecular flexibility index (Phi) is 8.78. The van der Waals surface area contributed by atoms with Gasteiger partial charge in [-0.05, 0) is 80.6 Å². The molecule has 2 aromatic carbocycles. The summed E-state index contributed by atoms with van der Waals surface area (Å²) in [7, 11) is 0. The maximum atomic E-state index is 13.2. The summed E-state index contributed by atoms with van der Waals surface area (Å²) in [4.78, 5) is 16.6. The molecule has 5 rings (SSSR count). The van der Waals surface area contributed by atoms with Crippen molar-refractivity contribution in [2.24, 2.45) is 17.8 Å². The summed E-state index contributed by atoms with van der Waals surface area (Å²) < 4.78 is 5.63.